The zero-order valence-corrected chi connectivity index (χ0v) is 10.3. The average molecular weight is 249 g/mol. The maximum atomic E-state index is 12.0. The summed E-state index contributed by atoms with van der Waals surface area (Å²) in [6, 6.07) is 9.11. The molecule has 2 atom stereocenters. The first-order chi connectivity index (χ1) is 8.81. The fraction of sp³-hybridized carbons (Fsp3) is 0.500. The number of rotatable bonds is 4. The lowest BCUT2D eigenvalue weighted by atomic mass is 10.1. The number of aliphatic hydroxyl groups is 1. The number of benzene rings is 1. The fourth-order valence-corrected chi connectivity index (χ4v) is 2.13. The number of amides is 1. The van der Waals surface area contributed by atoms with Crippen molar-refractivity contribution < 1.29 is 14.6 Å². The van der Waals surface area contributed by atoms with E-state index in [1.54, 1.807) is 0 Å². The third-order valence-electron chi connectivity index (χ3n) is 3.17. The van der Waals surface area contributed by atoms with Crippen LogP contribution in [0.4, 0.5) is 0 Å². The van der Waals surface area contributed by atoms with Gasteiger partial charge in [-0.3, -0.25) is 4.79 Å². The smallest absolute Gasteiger partial charge is 0.249 e. The second kappa shape index (κ2) is 6.52. The number of ether oxygens (including phenoxy) is 1. The molecule has 1 aliphatic rings. The van der Waals surface area contributed by atoms with E-state index >= 15 is 0 Å². The average Bonchev–Trinajstić information content (AvgIpc) is 2.46. The molecule has 2 N–H and O–H groups in total. The summed E-state index contributed by atoms with van der Waals surface area (Å²) in [5.74, 6) is -0.127. The Bertz CT molecular complexity index is 374. The Balaban J connectivity index is 1.95. The van der Waals surface area contributed by atoms with Crippen LogP contribution in [-0.2, 0) is 9.53 Å². The SMILES string of the molecule is O=C(N[C@H](CO)c1ccccc1)C1CCCCO1. The summed E-state index contributed by atoms with van der Waals surface area (Å²) >= 11 is 0. The monoisotopic (exact) mass is 249 g/mol. The quantitative estimate of drug-likeness (QED) is 0.848. The third kappa shape index (κ3) is 3.31. The summed E-state index contributed by atoms with van der Waals surface area (Å²) in [7, 11) is 0. The van der Waals surface area contributed by atoms with E-state index < -0.39 is 0 Å². The van der Waals surface area contributed by atoms with Gasteiger partial charge in [-0.25, -0.2) is 0 Å². The van der Waals surface area contributed by atoms with E-state index in [0.29, 0.717) is 6.61 Å². The highest BCUT2D eigenvalue weighted by molar-refractivity contribution is 5.81. The second-order valence-electron chi connectivity index (χ2n) is 4.51. The summed E-state index contributed by atoms with van der Waals surface area (Å²) in [5, 5.41) is 12.2. The van der Waals surface area contributed by atoms with Crippen LogP contribution < -0.4 is 5.32 Å². The Morgan fingerprint density at radius 2 is 2.17 bits per heavy atom. The number of aliphatic hydroxyl groups excluding tert-OH is 1. The molecule has 1 unspecified atom stereocenters. The van der Waals surface area contributed by atoms with Crippen molar-refractivity contribution in [3.8, 4) is 0 Å². The molecule has 1 fully saturated rings. The van der Waals surface area contributed by atoms with E-state index in [1.807, 2.05) is 30.3 Å². The third-order valence-corrected chi connectivity index (χ3v) is 3.17. The molecule has 2 rings (SSSR count). The van der Waals surface area contributed by atoms with E-state index in [4.69, 9.17) is 4.74 Å². The molecule has 0 bridgehead atoms. The number of hydrogen-bond donors (Lipinski definition) is 2. The Labute approximate surface area is 107 Å². The van der Waals surface area contributed by atoms with Gasteiger partial charge < -0.3 is 15.2 Å². The summed E-state index contributed by atoms with van der Waals surface area (Å²) in [6.07, 6.45) is 2.44. The predicted molar refractivity (Wildman–Crippen MR) is 68.0 cm³/mol. The lowest BCUT2D eigenvalue weighted by molar-refractivity contribution is -0.136. The molecule has 1 aromatic carbocycles. The van der Waals surface area contributed by atoms with Gasteiger partial charge in [-0.15, -0.1) is 0 Å². The molecule has 0 aromatic heterocycles. The minimum atomic E-state index is -0.364. The van der Waals surface area contributed by atoms with Gasteiger partial charge in [0.05, 0.1) is 12.6 Å². The molecule has 1 amide bonds. The van der Waals surface area contributed by atoms with Crippen LogP contribution in [0, 0.1) is 0 Å². The van der Waals surface area contributed by atoms with Crippen molar-refractivity contribution in [3.63, 3.8) is 0 Å². The van der Waals surface area contributed by atoms with Crippen LogP contribution in [0.3, 0.4) is 0 Å². The van der Waals surface area contributed by atoms with Crippen molar-refractivity contribution in [2.45, 2.75) is 31.4 Å². The number of hydrogen-bond acceptors (Lipinski definition) is 3. The van der Waals surface area contributed by atoms with E-state index in [2.05, 4.69) is 5.32 Å². The van der Waals surface area contributed by atoms with Crippen LogP contribution in [-0.4, -0.2) is 30.3 Å². The number of nitrogens with one attached hydrogen (secondary N) is 1. The molecule has 0 radical (unpaired) electrons. The van der Waals surface area contributed by atoms with Gasteiger partial charge >= 0.3 is 0 Å². The molecular weight excluding hydrogens is 230 g/mol. The molecule has 0 saturated carbocycles. The van der Waals surface area contributed by atoms with Gasteiger partial charge in [0.1, 0.15) is 6.10 Å². The molecule has 98 valence electrons. The molecule has 0 spiro atoms. The van der Waals surface area contributed by atoms with Crippen molar-refractivity contribution in [1.82, 2.24) is 5.32 Å². The molecule has 1 heterocycles. The van der Waals surface area contributed by atoms with Gasteiger partial charge in [0.25, 0.3) is 0 Å². The van der Waals surface area contributed by atoms with Crippen molar-refractivity contribution in [1.29, 1.82) is 0 Å². The molecule has 4 heteroatoms. The molecule has 4 nitrogen and oxygen atoms in total. The molecule has 1 aromatic rings. The maximum absolute atomic E-state index is 12.0. The first-order valence-corrected chi connectivity index (χ1v) is 6.39. The van der Waals surface area contributed by atoms with Crippen molar-refractivity contribution in [2.24, 2.45) is 0 Å². The number of carbonyl (C=O) groups excluding carboxylic acids is 1. The summed E-state index contributed by atoms with van der Waals surface area (Å²) in [6.45, 7) is 0.537. The first kappa shape index (κ1) is 13.1. The van der Waals surface area contributed by atoms with Gasteiger partial charge in [-0.1, -0.05) is 30.3 Å². The summed E-state index contributed by atoms with van der Waals surface area (Å²) < 4.78 is 5.43. The minimum Gasteiger partial charge on any atom is -0.394 e. The van der Waals surface area contributed by atoms with Crippen LogP contribution in [0.2, 0.25) is 0 Å². The Hall–Kier alpha value is -1.39. The van der Waals surface area contributed by atoms with Gasteiger partial charge in [0.15, 0.2) is 0 Å². The Morgan fingerprint density at radius 1 is 1.39 bits per heavy atom. The minimum absolute atomic E-state index is 0.109. The predicted octanol–water partition coefficient (Wildman–Crippen LogP) is 1.41. The van der Waals surface area contributed by atoms with Crippen molar-refractivity contribution in [2.75, 3.05) is 13.2 Å². The Kier molecular flexibility index (Phi) is 4.73. The summed E-state index contributed by atoms with van der Waals surface area (Å²) in [4.78, 5) is 12.0. The van der Waals surface area contributed by atoms with Crippen LogP contribution in [0.25, 0.3) is 0 Å². The highest BCUT2D eigenvalue weighted by Gasteiger charge is 2.24. The molecule has 1 aliphatic heterocycles. The molecule has 18 heavy (non-hydrogen) atoms. The zero-order chi connectivity index (χ0) is 12.8. The highest BCUT2D eigenvalue weighted by atomic mass is 16.5. The second-order valence-corrected chi connectivity index (χ2v) is 4.51. The van der Waals surface area contributed by atoms with Gasteiger partial charge in [-0.05, 0) is 24.8 Å². The maximum Gasteiger partial charge on any atom is 0.249 e. The zero-order valence-electron chi connectivity index (χ0n) is 10.3. The molecule has 1 saturated heterocycles. The van der Waals surface area contributed by atoms with Crippen LogP contribution in [0.15, 0.2) is 30.3 Å². The van der Waals surface area contributed by atoms with Crippen LogP contribution >= 0.6 is 0 Å². The largest absolute Gasteiger partial charge is 0.394 e. The highest BCUT2D eigenvalue weighted by Crippen LogP contribution is 2.16. The van der Waals surface area contributed by atoms with E-state index in [0.717, 1.165) is 24.8 Å². The normalized spacial score (nSPS) is 21.3. The van der Waals surface area contributed by atoms with Crippen molar-refractivity contribution in [3.05, 3.63) is 35.9 Å². The standard InChI is InChI=1S/C14H19NO3/c16-10-12(11-6-2-1-3-7-11)15-14(17)13-8-4-5-9-18-13/h1-3,6-7,12-13,16H,4-5,8-10H2,(H,15,17)/t12-,13?/m1/s1. The molecule has 0 aliphatic carbocycles. The van der Waals surface area contributed by atoms with E-state index in [1.165, 1.54) is 0 Å². The fourth-order valence-electron chi connectivity index (χ4n) is 2.13. The van der Waals surface area contributed by atoms with E-state index in [9.17, 15) is 9.90 Å². The van der Waals surface area contributed by atoms with E-state index in [-0.39, 0.29) is 24.7 Å². The lowest BCUT2D eigenvalue weighted by Crippen LogP contribution is -2.41. The van der Waals surface area contributed by atoms with Gasteiger partial charge in [0.2, 0.25) is 5.91 Å². The van der Waals surface area contributed by atoms with Crippen LogP contribution in [0.1, 0.15) is 30.9 Å². The van der Waals surface area contributed by atoms with Crippen molar-refractivity contribution >= 4 is 5.91 Å². The van der Waals surface area contributed by atoms with Gasteiger partial charge in [-0.2, -0.15) is 0 Å². The van der Waals surface area contributed by atoms with Crippen LogP contribution in [0.5, 0.6) is 0 Å². The molecular formula is C14H19NO3. The number of carbonyl (C=O) groups is 1. The topological polar surface area (TPSA) is 58.6 Å². The first-order valence-electron chi connectivity index (χ1n) is 6.39. The van der Waals surface area contributed by atoms with Gasteiger partial charge in [0, 0.05) is 6.61 Å². The summed E-state index contributed by atoms with van der Waals surface area (Å²) in [5.41, 5.74) is 0.907. The lowest BCUT2D eigenvalue weighted by Gasteiger charge is -2.24. The Morgan fingerprint density at radius 3 is 2.78 bits per heavy atom.